The maximum Gasteiger partial charge on any atom is 0.223 e. The molecule has 0 aromatic rings. The van der Waals surface area contributed by atoms with Gasteiger partial charge in [-0.15, -0.1) is 0 Å². The van der Waals surface area contributed by atoms with E-state index in [1.807, 2.05) is 20.8 Å². The molecule has 0 aromatic carbocycles. The third-order valence-electron chi connectivity index (χ3n) is 3.01. The first-order chi connectivity index (χ1) is 7.61. The number of carbonyl (C=O) groups excluding carboxylic acids is 1. The van der Waals surface area contributed by atoms with Crippen LogP contribution < -0.4 is 10.6 Å². The van der Waals surface area contributed by atoms with E-state index in [0.717, 1.165) is 32.7 Å². The van der Waals surface area contributed by atoms with Gasteiger partial charge in [-0.25, -0.2) is 0 Å². The van der Waals surface area contributed by atoms with Crippen molar-refractivity contribution >= 4 is 5.91 Å². The van der Waals surface area contributed by atoms with Gasteiger partial charge in [-0.2, -0.15) is 0 Å². The Balaban J connectivity index is 2.01. The lowest BCUT2D eigenvalue weighted by Gasteiger charge is -2.31. The van der Waals surface area contributed by atoms with Crippen LogP contribution in [-0.2, 0) is 9.53 Å². The highest BCUT2D eigenvalue weighted by Crippen LogP contribution is 2.15. The van der Waals surface area contributed by atoms with E-state index < -0.39 is 0 Å². The van der Waals surface area contributed by atoms with Crippen molar-refractivity contribution in [3.63, 3.8) is 0 Å². The molecule has 0 radical (unpaired) electrons. The summed E-state index contributed by atoms with van der Waals surface area (Å²) in [6, 6.07) is 0. The second-order valence-electron chi connectivity index (χ2n) is 4.77. The lowest BCUT2D eigenvalue weighted by molar-refractivity contribution is -0.126. The lowest BCUT2D eigenvalue weighted by atomic mass is 9.88. The quantitative estimate of drug-likeness (QED) is 0.633. The molecule has 1 heterocycles. The van der Waals surface area contributed by atoms with Gasteiger partial charge in [0.15, 0.2) is 0 Å². The van der Waals surface area contributed by atoms with Gasteiger partial charge in [0.2, 0.25) is 5.91 Å². The zero-order chi connectivity index (χ0) is 12.0. The van der Waals surface area contributed by atoms with Crippen LogP contribution in [0.5, 0.6) is 0 Å². The number of hydrogen-bond acceptors (Lipinski definition) is 3. The zero-order valence-electron chi connectivity index (χ0n) is 10.6. The molecule has 4 nitrogen and oxygen atoms in total. The standard InChI is InChI=1S/C12H24N2O2/c1-9(2)16-6-4-5-14-12(15)10(3)11-7-13-8-11/h9-11,13H,4-8H2,1-3H3,(H,14,15). The van der Waals surface area contributed by atoms with Crippen molar-refractivity contribution in [2.75, 3.05) is 26.2 Å². The summed E-state index contributed by atoms with van der Waals surface area (Å²) in [4.78, 5) is 11.7. The van der Waals surface area contributed by atoms with Crippen LogP contribution in [0.25, 0.3) is 0 Å². The minimum absolute atomic E-state index is 0.132. The molecule has 1 rings (SSSR count). The molecule has 0 spiro atoms. The average Bonchev–Trinajstić information content (AvgIpc) is 2.13. The summed E-state index contributed by atoms with van der Waals surface area (Å²) in [5.41, 5.74) is 0. The lowest BCUT2D eigenvalue weighted by Crippen LogP contribution is -2.49. The molecule has 94 valence electrons. The number of ether oxygens (including phenoxy) is 1. The van der Waals surface area contributed by atoms with Crippen molar-refractivity contribution in [3.8, 4) is 0 Å². The van der Waals surface area contributed by atoms with E-state index in [4.69, 9.17) is 4.74 Å². The Labute approximate surface area is 98.1 Å². The summed E-state index contributed by atoms with van der Waals surface area (Å²) in [6.45, 7) is 9.43. The molecule has 1 atom stereocenters. The van der Waals surface area contributed by atoms with Crippen LogP contribution in [0.4, 0.5) is 0 Å². The van der Waals surface area contributed by atoms with Gasteiger partial charge < -0.3 is 15.4 Å². The van der Waals surface area contributed by atoms with E-state index in [2.05, 4.69) is 10.6 Å². The Morgan fingerprint density at radius 1 is 1.44 bits per heavy atom. The Bertz CT molecular complexity index is 215. The molecule has 0 aliphatic carbocycles. The average molecular weight is 228 g/mol. The van der Waals surface area contributed by atoms with Gasteiger partial charge in [-0.05, 0) is 39.3 Å². The fourth-order valence-corrected chi connectivity index (χ4v) is 1.64. The largest absolute Gasteiger partial charge is 0.379 e. The van der Waals surface area contributed by atoms with E-state index in [1.54, 1.807) is 0 Å². The second kappa shape index (κ2) is 6.86. The SMILES string of the molecule is CC(C)OCCCNC(=O)C(C)C1CNC1. The van der Waals surface area contributed by atoms with Gasteiger partial charge in [0.25, 0.3) is 0 Å². The first kappa shape index (κ1) is 13.5. The summed E-state index contributed by atoms with van der Waals surface area (Å²) in [5.74, 6) is 0.829. The molecule has 4 heteroatoms. The van der Waals surface area contributed by atoms with Gasteiger partial charge in [0.1, 0.15) is 0 Å². The minimum Gasteiger partial charge on any atom is -0.379 e. The van der Waals surface area contributed by atoms with Crippen molar-refractivity contribution in [1.82, 2.24) is 10.6 Å². The molecule has 1 saturated heterocycles. The van der Waals surface area contributed by atoms with E-state index in [0.29, 0.717) is 5.92 Å². The van der Waals surface area contributed by atoms with Crippen LogP contribution in [0, 0.1) is 11.8 Å². The van der Waals surface area contributed by atoms with Crippen LogP contribution in [-0.4, -0.2) is 38.3 Å². The van der Waals surface area contributed by atoms with Crippen LogP contribution in [0.3, 0.4) is 0 Å². The van der Waals surface area contributed by atoms with E-state index in [-0.39, 0.29) is 17.9 Å². The van der Waals surface area contributed by atoms with Crippen LogP contribution in [0.2, 0.25) is 0 Å². The molecule has 0 saturated carbocycles. The molecule has 1 aliphatic heterocycles. The monoisotopic (exact) mass is 228 g/mol. The Morgan fingerprint density at radius 2 is 2.12 bits per heavy atom. The van der Waals surface area contributed by atoms with Crippen molar-refractivity contribution in [1.29, 1.82) is 0 Å². The third-order valence-corrected chi connectivity index (χ3v) is 3.01. The number of carbonyl (C=O) groups is 1. The fourth-order valence-electron chi connectivity index (χ4n) is 1.64. The minimum atomic E-state index is 0.132. The molecular formula is C12H24N2O2. The van der Waals surface area contributed by atoms with Crippen molar-refractivity contribution in [3.05, 3.63) is 0 Å². The topological polar surface area (TPSA) is 50.4 Å². The van der Waals surface area contributed by atoms with E-state index in [9.17, 15) is 4.79 Å². The van der Waals surface area contributed by atoms with Crippen molar-refractivity contribution < 1.29 is 9.53 Å². The Kier molecular flexibility index (Phi) is 5.77. The Morgan fingerprint density at radius 3 is 2.62 bits per heavy atom. The van der Waals surface area contributed by atoms with Gasteiger partial charge in [-0.3, -0.25) is 4.79 Å². The number of hydrogen-bond donors (Lipinski definition) is 2. The normalized spacial score (nSPS) is 18.2. The fraction of sp³-hybridized carbons (Fsp3) is 0.917. The summed E-state index contributed by atoms with van der Waals surface area (Å²) in [6.07, 6.45) is 1.16. The molecule has 2 N–H and O–H groups in total. The van der Waals surface area contributed by atoms with Gasteiger partial charge in [0, 0.05) is 19.1 Å². The molecule has 1 aliphatic rings. The first-order valence-electron chi connectivity index (χ1n) is 6.21. The van der Waals surface area contributed by atoms with Gasteiger partial charge in [-0.1, -0.05) is 6.92 Å². The summed E-state index contributed by atoms with van der Waals surface area (Å²) >= 11 is 0. The molecular weight excluding hydrogens is 204 g/mol. The highest BCUT2D eigenvalue weighted by Gasteiger charge is 2.28. The highest BCUT2D eigenvalue weighted by molar-refractivity contribution is 5.78. The van der Waals surface area contributed by atoms with Gasteiger partial charge >= 0.3 is 0 Å². The smallest absolute Gasteiger partial charge is 0.223 e. The van der Waals surface area contributed by atoms with Crippen LogP contribution in [0.15, 0.2) is 0 Å². The van der Waals surface area contributed by atoms with Crippen molar-refractivity contribution in [2.45, 2.75) is 33.3 Å². The number of amides is 1. The summed E-state index contributed by atoms with van der Waals surface area (Å²) in [7, 11) is 0. The maximum absolute atomic E-state index is 11.7. The summed E-state index contributed by atoms with van der Waals surface area (Å²) in [5, 5.41) is 6.14. The molecule has 1 unspecified atom stereocenters. The van der Waals surface area contributed by atoms with E-state index >= 15 is 0 Å². The van der Waals surface area contributed by atoms with Gasteiger partial charge in [0.05, 0.1) is 6.10 Å². The maximum atomic E-state index is 11.7. The molecule has 16 heavy (non-hydrogen) atoms. The molecule has 1 amide bonds. The predicted octanol–water partition coefficient (Wildman–Crippen LogP) is 0.773. The first-order valence-corrected chi connectivity index (χ1v) is 6.21. The highest BCUT2D eigenvalue weighted by atomic mass is 16.5. The molecule has 0 bridgehead atoms. The molecule has 1 fully saturated rings. The second-order valence-corrected chi connectivity index (χ2v) is 4.77. The van der Waals surface area contributed by atoms with Crippen LogP contribution >= 0.6 is 0 Å². The number of nitrogens with one attached hydrogen (secondary N) is 2. The predicted molar refractivity (Wildman–Crippen MR) is 64.2 cm³/mol. The molecule has 0 aromatic heterocycles. The summed E-state index contributed by atoms with van der Waals surface area (Å²) < 4.78 is 5.40. The van der Waals surface area contributed by atoms with Crippen molar-refractivity contribution in [2.24, 2.45) is 11.8 Å². The Hall–Kier alpha value is -0.610. The van der Waals surface area contributed by atoms with E-state index in [1.165, 1.54) is 0 Å². The number of rotatable bonds is 7. The van der Waals surface area contributed by atoms with Crippen LogP contribution in [0.1, 0.15) is 27.2 Å². The zero-order valence-corrected chi connectivity index (χ0v) is 10.6. The third kappa shape index (κ3) is 4.49.